The van der Waals surface area contributed by atoms with Crippen LogP contribution in [0.15, 0.2) is 35.3 Å². The predicted octanol–water partition coefficient (Wildman–Crippen LogP) is 2.35. The molecule has 0 saturated carbocycles. The van der Waals surface area contributed by atoms with Crippen LogP contribution in [0.4, 0.5) is 0 Å². The van der Waals surface area contributed by atoms with Crippen LogP contribution >= 0.6 is 0 Å². The first-order valence-electron chi connectivity index (χ1n) is 8.51. The van der Waals surface area contributed by atoms with Crippen molar-refractivity contribution < 1.29 is 14.3 Å². The molecule has 1 aromatic rings. The van der Waals surface area contributed by atoms with Gasteiger partial charge in [-0.3, -0.25) is 9.79 Å². The molecule has 0 heterocycles. The summed E-state index contributed by atoms with van der Waals surface area (Å²) in [4.78, 5) is 16.0. The number of esters is 1. The summed E-state index contributed by atoms with van der Waals surface area (Å²) < 4.78 is 10.7. The minimum absolute atomic E-state index is 0.0796. The standard InChI is InChI=1S/C18H29N3O3/c1-4-19-18(21-13-11-17(22)24-15(2)3)20-12-8-14-23-16-9-6-5-7-10-16/h5-7,9-10,15H,4,8,11-14H2,1-3H3,(H2,19,20,21). The van der Waals surface area contributed by atoms with Gasteiger partial charge >= 0.3 is 5.97 Å². The van der Waals surface area contributed by atoms with Crippen LogP contribution in [0.2, 0.25) is 0 Å². The minimum atomic E-state index is -0.204. The van der Waals surface area contributed by atoms with E-state index in [4.69, 9.17) is 9.47 Å². The number of aliphatic imine (C=N–C) groups is 1. The van der Waals surface area contributed by atoms with Gasteiger partial charge < -0.3 is 20.1 Å². The molecule has 0 fully saturated rings. The molecular weight excluding hydrogens is 306 g/mol. The largest absolute Gasteiger partial charge is 0.494 e. The summed E-state index contributed by atoms with van der Waals surface area (Å²) in [6.07, 6.45) is 1.06. The fourth-order valence-electron chi connectivity index (χ4n) is 1.91. The number of benzene rings is 1. The monoisotopic (exact) mass is 335 g/mol. The molecule has 24 heavy (non-hydrogen) atoms. The molecule has 1 rings (SSSR count). The molecule has 6 heteroatoms. The molecule has 2 N–H and O–H groups in total. The lowest BCUT2D eigenvalue weighted by molar-refractivity contribution is -0.147. The maximum absolute atomic E-state index is 11.5. The lowest BCUT2D eigenvalue weighted by Gasteiger charge is -2.12. The molecule has 134 valence electrons. The van der Waals surface area contributed by atoms with E-state index in [0.29, 0.717) is 32.1 Å². The molecule has 0 saturated heterocycles. The van der Waals surface area contributed by atoms with Crippen LogP contribution in [0.5, 0.6) is 5.75 Å². The van der Waals surface area contributed by atoms with Gasteiger partial charge in [-0.25, -0.2) is 0 Å². The topological polar surface area (TPSA) is 72.0 Å². The van der Waals surface area contributed by atoms with Crippen LogP contribution in [-0.2, 0) is 9.53 Å². The summed E-state index contributed by atoms with van der Waals surface area (Å²) in [5.41, 5.74) is 0. The summed E-state index contributed by atoms with van der Waals surface area (Å²) in [5, 5.41) is 6.28. The Balaban J connectivity index is 2.22. The van der Waals surface area contributed by atoms with Gasteiger partial charge in [0, 0.05) is 26.1 Å². The third-order valence-corrected chi connectivity index (χ3v) is 2.92. The van der Waals surface area contributed by atoms with Crippen molar-refractivity contribution in [2.75, 3.05) is 26.2 Å². The van der Waals surface area contributed by atoms with Crippen LogP contribution in [0.25, 0.3) is 0 Å². The number of para-hydroxylation sites is 1. The van der Waals surface area contributed by atoms with Crippen molar-refractivity contribution in [3.63, 3.8) is 0 Å². The Morgan fingerprint density at radius 1 is 1.21 bits per heavy atom. The highest BCUT2D eigenvalue weighted by molar-refractivity contribution is 5.80. The van der Waals surface area contributed by atoms with Gasteiger partial charge in [0.15, 0.2) is 5.96 Å². The average Bonchev–Trinajstić information content (AvgIpc) is 2.54. The van der Waals surface area contributed by atoms with Gasteiger partial charge in [-0.1, -0.05) is 18.2 Å². The Morgan fingerprint density at radius 2 is 1.96 bits per heavy atom. The first kappa shape index (κ1) is 19.8. The zero-order valence-electron chi connectivity index (χ0n) is 14.9. The smallest absolute Gasteiger partial charge is 0.307 e. The molecular formula is C18H29N3O3. The summed E-state index contributed by atoms with van der Waals surface area (Å²) in [7, 11) is 0. The third kappa shape index (κ3) is 9.71. The van der Waals surface area contributed by atoms with Gasteiger partial charge in [0.2, 0.25) is 0 Å². The van der Waals surface area contributed by atoms with Crippen molar-refractivity contribution in [3.8, 4) is 5.75 Å². The number of nitrogens with zero attached hydrogens (tertiary/aromatic N) is 1. The lowest BCUT2D eigenvalue weighted by atomic mass is 10.3. The van der Waals surface area contributed by atoms with Gasteiger partial charge in [0.25, 0.3) is 0 Å². The Bertz CT molecular complexity index is 490. The quantitative estimate of drug-likeness (QED) is 0.297. The van der Waals surface area contributed by atoms with E-state index in [1.54, 1.807) is 0 Å². The van der Waals surface area contributed by atoms with E-state index < -0.39 is 0 Å². The van der Waals surface area contributed by atoms with Crippen LogP contribution < -0.4 is 15.4 Å². The number of carbonyl (C=O) groups excluding carboxylic acids is 1. The van der Waals surface area contributed by atoms with E-state index >= 15 is 0 Å². The molecule has 0 bridgehead atoms. The number of rotatable bonds is 10. The van der Waals surface area contributed by atoms with E-state index in [0.717, 1.165) is 18.7 Å². The lowest BCUT2D eigenvalue weighted by Crippen LogP contribution is -2.38. The number of hydrogen-bond acceptors (Lipinski definition) is 4. The van der Waals surface area contributed by atoms with E-state index in [9.17, 15) is 4.79 Å². The Morgan fingerprint density at radius 3 is 2.62 bits per heavy atom. The molecule has 0 aliphatic carbocycles. The second-order valence-electron chi connectivity index (χ2n) is 5.49. The molecule has 1 aromatic carbocycles. The maximum atomic E-state index is 11.5. The van der Waals surface area contributed by atoms with Crippen LogP contribution in [0.3, 0.4) is 0 Å². The van der Waals surface area contributed by atoms with Crippen molar-refractivity contribution in [2.45, 2.75) is 39.7 Å². The molecule has 0 aromatic heterocycles. The number of nitrogens with one attached hydrogen (secondary N) is 2. The SMILES string of the molecule is CCNC(=NCCCOc1ccccc1)NCCC(=O)OC(C)C. The first-order chi connectivity index (χ1) is 11.6. The fourth-order valence-corrected chi connectivity index (χ4v) is 1.91. The Kier molecular flexibility index (Phi) is 10.1. The molecule has 0 radical (unpaired) electrons. The van der Waals surface area contributed by atoms with Crippen molar-refractivity contribution >= 4 is 11.9 Å². The zero-order chi connectivity index (χ0) is 17.6. The van der Waals surface area contributed by atoms with E-state index in [-0.39, 0.29) is 12.1 Å². The summed E-state index contributed by atoms with van der Waals surface area (Å²) in [6, 6.07) is 9.73. The van der Waals surface area contributed by atoms with Crippen LogP contribution in [-0.4, -0.2) is 44.3 Å². The molecule has 0 aliphatic heterocycles. The van der Waals surface area contributed by atoms with Crippen molar-refractivity contribution in [3.05, 3.63) is 30.3 Å². The average molecular weight is 335 g/mol. The second-order valence-corrected chi connectivity index (χ2v) is 5.49. The summed E-state index contributed by atoms with van der Waals surface area (Å²) in [5.74, 6) is 1.37. The normalized spacial score (nSPS) is 11.2. The van der Waals surface area contributed by atoms with E-state index in [1.165, 1.54) is 0 Å². The van der Waals surface area contributed by atoms with Crippen LogP contribution in [0.1, 0.15) is 33.6 Å². The fraction of sp³-hybridized carbons (Fsp3) is 0.556. The third-order valence-electron chi connectivity index (χ3n) is 2.92. The maximum Gasteiger partial charge on any atom is 0.307 e. The zero-order valence-corrected chi connectivity index (χ0v) is 14.9. The highest BCUT2D eigenvalue weighted by Crippen LogP contribution is 2.08. The summed E-state index contributed by atoms with van der Waals surface area (Å²) in [6.45, 7) is 8.22. The number of guanidine groups is 1. The molecule has 6 nitrogen and oxygen atoms in total. The molecule has 0 atom stereocenters. The number of carbonyl (C=O) groups is 1. The Hall–Kier alpha value is -2.24. The number of ether oxygens (including phenoxy) is 2. The van der Waals surface area contributed by atoms with Gasteiger partial charge in [-0.2, -0.15) is 0 Å². The molecule has 0 unspecified atom stereocenters. The first-order valence-corrected chi connectivity index (χ1v) is 8.51. The van der Waals surface area contributed by atoms with Gasteiger partial charge in [-0.15, -0.1) is 0 Å². The van der Waals surface area contributed by atoms with E-state index in [2.05, 4.69) is 15.6 Å². The number of hydrogen-bond donors (Lipinski definition) is 2. The van der Waals surface area contributed by atoms with Crippen LogP contribution in [0, 0.1) is 0 Å². The Labute approximate surface area is 144 Å². The molecule has 0 amide bonds. The van der Waals surface area contributed by atoms with Crippen molar-refractivity contribution in [1.82, 2.24) is 10.6 Å². The van der Waals surface area contributed by atoms with Gasteiger partial charge in [0.05, 0.1) is 19.1 Å². The van der Waals surface area contributed by atoms with Gasteiger partial charge in [-0.05, 0) is 32.9 Å². The second kappa shape index (κ2) is 12.2. The van der Waals surface area contributed by atoms with Crippen molar-refractivity contribution in [1.29, 1.82) is 0 Å². The molecule has 0 spiro atoms. The van der Waals surface area contributed by atoms with Gasteiger partial charge in [0.1, 0.15) is 5.75 Å². The highest BCUT2D eigenvalue weighted by Gasteiger charge is 2.05. The minimum Gasteiger partial charge on any atom is -0.494 e. The molecule has 0 aliphatic rings. The van der Waals surface area contributed by atoms with Crippen molar-refractivity contribution in [2.24, 2.45) is 4.99 Å². The predicted molar refractivity (Wildman–Crippen MR) is 96.4 cm³/mol. The summed E-state index contributed by atoms with van der Waals surface area (Å²) >= 11 is 0. The highest BCUT2D eigenvalue weighted by atomic mass is 16.5. The van der Waals surface area contributed by atoms with E-state index in [1.807, 2.05) is 51.1 Å².